The number of carbonyl (C=O) groups excluding carboxylic acids is 1. The standard InChI is InChI=1S/C20H22N2O3/c1-13-18(24-2)10-15(11-19(13)25-3)20(23)21-9-8-14-12-22-17-7-5-4-6-16(14)17/h4-7,10-12,22H,8-9H2,1-3H3,(H,21,23). The van der Waals surface area contributed by atoms with Gasteiger partial charge in [-0.15, -0.1) is 0 Å². The number of nitrogens with one attached hydrogen (secondary N) is 2. The molecule has 1 heterocycles. The molecular weight excluding hydrogens is 316 g/mol. The topological polar surface area (TPSA) is 63.3 Å². The highest BCUT2D eigenvalue weighted by Gasteiger charge is 2.13. The van der Waals surface area contributed by atoms with E-state index in [1.54, 1.807) is 26.4 Å². The summed E-state index contributed by atoms with van der Waals surface area (Å²) < 4.78 is 10.7. The molecule has 0 radical (unpaired) electrons. The van der Waals surface area contributed by atoms with Gasteiger partial charge in [-0.1, -0.05) is 18.2 Å². The van der Waals surface area contributed by atoms with Gasteiger partial charge < -0.3 is 19.8 Å². The number of hydrogen-bond acceptors (Lipinski definition) is 3. The van der Waals surface area contributed by atoms with Gasteiger partial charge in [0.1, 0.15) is 11.5 Å². The maximum atomic E-state index is 12.5. The van der Waals surface area contributed by atoms with E-state index in [9.17, 15) is 4.79 Å². The van der Waals surface area contributed by atoms with E-state index >= 15 is 0 Å². The van der Waals surface area contributed by atoms with Crippen molar-refractivity contribution in [1.29, 1.82) is 0 Å². The van der Waals surface area contributed by atoms with Crippen LogP contribution >= 0.6 is 0 Å². The maximum Gasteiger partial charge on any atom is 0.251 e. The second-order valence-corrected chi connectivity index (χ2v) is 5.87. The van der Waals surface area contributed by atoms with Crippen LogP contribution in [0, 0.1) is 6.92 Å². The molecule has 0 aliphatic carbocycles. The van der Waals surface area contributed by atoms with Crippen LogP contribution in [-0.2, 0) is 6.42 Å². The number of para-hydroxylation sites is 1. The van der Waals surface area contributed by atoms with Crippen LogP contribution in [0.25, 0.3) is 10.9 Å². The number of fused-ring (bicyclic) bond motifs is 1. The Morgan fingerprint density at radius 2 is 1.80 bits per heavy atom. The molecule has 3 aromatic rings. The smallest absolute Gasteiger partial charge is 0.251 e. The summed E-state index contributed by atoms with van der Waals surface area (Å²) in [6.07, 6.45) is 2.75. The van der Waals surface area contributed by atoms with Crippen molar-refractivity contribution < 1.29 is 14.3 Å². The molecule has 130 valence electrons. The number of aromatic nitrogens is 1. The predicted octanol–water partition coefficient (Wildman–Crippen LogP) is 3.47. The van der Waals surface area contributed by atoms with Crippen molar-refractivity contribution in [2.75, 3.05) is 20.8 Å². The molecule has 0 bridgehead atoms. The second-order valence-electron chi connectivity index (χ2n) is 5.87. The van der Waals surface area contributed by atoms with Gasteiger partial charge in [-0.25, -0.2) is 0 Å². The van der Waals surface area contributed by atoms with Crippen LogP contribution in [0.3, 0.4) is 0 Å². The number of ether oxygens (including phenoxy) is 2. The van der Waals surface area contributed by atoms with Crippen molar-refractivity contribution in [1.82, 2.24) is 10.3 Å². The summed E-state index contributed by atoms with van der Waals surface area (Å²) in [7, 11) is 3.17. The average molecular weight is 338 g/mol. The van der Waals surface area contributed by atoms with Gasteiger partial charge in [0.15, 0.2) is 0 Å². The van der Waals surface area contributed by atoms with Crippen LogP contribution in [0.1, 0.15) is 21.5 Å². The third-order valence-corrected chi connectivity index (χ3v) is 4.37. The monoisotopic (exact) mass is 338 g/mol. The molecular formula is C20H22N2O3. The number of benzene rings is 2. The van der Waals surface area contributed by atoms with E-state index in [1.165, 1.54) is 10.9 Å². The lowest BCUT2D eigenvalue weighted by atomic mass is 10.1. The number of hydrogen-bond donors (Lipinski definition) is 2. The fourth-order valence-corrected chi connectivity index (χ4v) is 2.97. The van der Waals surface area contributed by atoms with Crippen LogP contribution in [0.2, 0.25) is 0 Å². The van der Waals surface area contributed by atoms with Gasteiger partial charge in [0, 0.05) is 34.8 Å². The van der Waals surface area contributed by atoms with E-state index in [4.69, 9.17) is 9.47 Å². The molecule has 0 fully saturated rings. The lowest BCUT2D eigenvalue weighted by molar-refractivity contribution is 0.0953. The fourth-order valence-electron chi connectivity index (χ4n) is 2.97. The largest absolute Gasteiger partial charge is 0.496 e. The quantitative estimate of drug-likeness (QED) is 0.723. The van der Waals surface area contributed by atoms with Gasteiger partial charge in [-0.3, -0.25) is 4.79 Å². The maximum absolute atomic E-state index is 12.5. The molecule has 0 aliphatic heterocycles. The molecule has 2 N–H and O–H groups in total. The number of carbonyl (C=O) groups is 1. The lowest BCUT2D eigenvalue weighted by Crippen LogP contribution is -2.25. The van der Waals surface area contributed by atoms with Crippen LogP contribution in [-0.4, -0.2) is 31.7 Å². The van der Waals surface area contributed by atoms with E-state index in [0.29, 0.717) is 23.6 Å². The van der Waals surface area contributed by atoms with Crippen molar-refractivity contribution in [3.8, 4) is 11.5 Å². The second kappa shape index (κ2) is 7.30. The Bertz CT molecular complexity index is 874. The number of aromatic amines is 1. The molecule has 0 unspecified atom stereocenters. The van der Waals surface area contributed by atoms with Crippen LogP contribution < -0.4 is 14.8 Å². The molecule has 0 spiro atoms. The van der Waals surface area contributed by atoms with Gasteiger partial charge >= 0.3 is 0 Å². The highest BCUT2D eigenvalue weighted by Crippen LogP contribution is 2.29. The van der Waals surface area contributed by atoms with E-state index in [1.807, 2.05) is 31.3 Å². The summed E-state index contributed by atoms with van der Waals surface area (Å²) in [5.74, 6) is 1.14. The van der Waals surface area contributed by atoms with E-state index < -0.39 is 0 Å². The summed E-state index contributed by atoms with van der Waals surface area (Å²) >= 11 is 0. The van der Waals surface area contributed by atoms with Crippen LogP contribution in [0.4, 0.5) is 0 Å². The average Bonchev–Trinajstić information content (AvgIpc) is 3.05. The molecule has 2 aromatic carbocycles. The Balaban J connectivity index is 1.68. The first-order chi connectivity index (χ1) is 12.1. The molecule has 3 rings (SSSR count). The number of rotatable bonds is 6. The SMILES string of the molecule is COc1cc(C(=O)NCCc2c[nH]c3ccccc23)cc(OC)c1C. The minimum atomic E-state index is -0.142. The van der Waals surface area contributed by atoms with Crippen molar-refractivity contribution in [2.45, 2.75) is 13.3 Å². The van der Waals surface area contributed by atoms with Gasteiger partial charge in [0.25, 0.3) is 5.91 Å². The molecule has 1 amide bonds. The fraction of sp³-hybridized carbons (Fsp3) is 0.250. The summed E-state index contributed by atoms with van der Waals surface area (Å²) in [6, 6.07) is 11.6. The van der Waals surface area contributed by atoms with E-state index in [-0.39, 0.29) is 5.91 Å². The molecule has 0 saturated heterocycles. The highest BCUT2D eigenvalue weighted by atomic mass is 16.5. The summed E-state index contributed by atoms with van der Waals surface area (Å²) in [5, 5.41) is 4.15. The van der Waals surface area contributed by atoms with Gasteiger partial charge in [-0.2, -0.15) is 0 Å². The molecule has 0 saturated carbocycles. The summed E-state index contributed by atoms with van der Waals surface area (Å²) in [5.41, 5.74) is 3.70. The lowest BCUT2D eigenvalue weighted by Gasteiger charge is -2.12. The van der Waals surface area contributed by atoms with E-state index in [2.05, 4.69) is 16.4 Å². The van der Waals surface area contributed by atoms with Gasteiger partial charge in [0.2, 0.25) is 0 Å². The molecule has 1 aromatic heterocycles. The van der Waals surface area contributed by atoms with Crippen molar-refractivity contribution >= 4 is 16.8 Å². The summed E-state index contributed by atoms with van der Waals surface area (Å²) in [6.45, 7) is 2.45. The first-order valence-corrected chi connectivity index (χ1v) is 8.20. The van der Waals surface area contributed by atoms with Crippen molar-refractivity contribution in [3.05, 3.63) is 59.3 Å². The summed E-state index contributed by atoms with van der Waals surface area (Å²) in [4.78, 5) is 15.7. The Hall–Kier alpha value is -2.95. The third-order valence-electron chi connectivity index (χ3n) is 4.37. The zero-order chi connectivity index (χ0) is 17.8. The van der Waals surface area contributed by atoms with Crippen LogP contribution in [0.15, 0.2) is 42.6 Å². The zero-order valence-corrected chi connectivity index (χ0v) is 14.7. The highest BCUT2D eigenvalue weighted by molar-refractivity contribution is 5.95. The molecule has 0 atom stereocenters. The minimum Gasteiger partial charge on any atom is -0.496 e. The number of H-pyrrole nitrogens is 1. The van der Waals surface area contributed by atoms with Crippen molar-refractivity contribution in [3.63, 3.8) is 0 Å². The first-order valence-electron chi connectivity index (χ1n) is 8.20. The number of methoxy groups -OCH3 is 2. The van der Waals surface area contributed by atoms with E-state index in [0.717, 1.165) is 17.5 Å². The zero-order valence-electron chi connectivity index (χ0n) is 14.7. The minimum absolute atomic E-state index is 0.142. The molecule has 25 heavy (non-hydrogen) atoms. The Labute approximate surface area is 147 Å². The predicted molar refractivity (Wildman–Crippen MR) is 98.6 cm³/mol. The Kier molecular flexibility index (Phi) is 4.93. The molecule has 5 nitrogen and oxygen atoms in total. The Morgan fingerprint density at radius 3 is 2.48 bits per heavy atom. The third kappa shape index (κ3) is 3.45. The molecule has 5 heteroatoms. The Morgan fingerprint density at radius 1 is 1.12 bits per heavy atom. The van der Waals surface area contributed by atoms with Gasteiger partial charge in [-0.05, 0) is 37.1 Å². The number of amides is 1. The normalized spacial score (nSPS) is 10.7. The first kappa shape index (κ1) is 16.9. The van der Waals surface area contributed by atoms with Gasteiger partial charge in [0.05, 0.1) is 14.2 Å². The van der Waals surface area contributed by atoms with Crippen LogP contribution in [0.5, 0.6) is 11.5 Å². The van der Waals surface area contributed by atoms with Crippen molar-refractivity contribution in [2.24, 2.45) is 0 Å². The molecule has 0 aliphatic rings.